The van der Waals surface area contributed by atoms with Gasteiger partial charge in [-0.05, 0) is 6.42 Å². The van der Waals surface area contributed by atoms with Crippen molar-refractivity contribution in [3.05, 3.63) is 0 Å². The summed E-state index contributed by atoms with van der Waals surface area (Å²) in [5, 5.41) is 24.6. The molecule has 0 aliphatic carbocycles. The number of unbranched alkanes of at least 4 members (excludes halogenated alkanes) is 9. The van der Waals surface area contributed by atoms with Crippen LogP contribution in [0, 0.1) is 0 Å². The largest absolute Gasteiger partial charge is 0.481 e. The average Bonchev–Trinajstić information content (AvgIpc) is 2.74. The van der Waals surface area contributed by atoms with Crippen LogP contribution >= 0.6 is 0 Å². The van der Waals surface area contributed by atoms with Crippen LogP contribution in [0.4, 0.5) is 0 Å². The number of hydrogen-bond acceptors (Lipinski definition) is 9. The summed E-state index contributed by atoms with van der Waals surface area (Å²) >= 11 is 0. The Labute approximate surface area is 209 Å². The molecule has 0 bridgehead atoms. The van der Waals surface area contributed by atoms with Gasteiger partial charge in [0.05, 0.1) is 25.9 Å². The van der Waals surface area contributed by atoms with Crippen LogP contribution in [0.15, 0.2) is 0 Å². The fraction of sp³-hybridized carbons (Fsp3) is 0.773. The van der Waals surface area contributed by atoms with Gasteiger partial charge in [-0.1, -0.05) is 64.7 Å². The van der Waals surface area contributed by atoms with Crippen LogP contribution < -0.4 is 0 Å². The highest BCUT2D eigenvalue weighted by Gasteiger charge is 2.50. The van der Waals surface area contributed by atoms with Crippen LogP contribution in [0.3, 0.4) is 0 Å². The summed E-state index contributed by atoms with van der Waals surface area (Å²) in [5.41, 5.74) is -3.08. The second-order valence-electron chi connectivity index (χ2n) is 8.47. The molecule has 0 fully saturated rings. The Bertz CT molecular complexity index is 852. The number of ether oxygens (including phenoxy) is 2. The number of hydrogen-bond donors (Lipinski definition) is 4. The van der Waals surface area contributed by atoms with E-state index in [0.717, 1.165) is 32.1 Å². The highest BCUT2D eigenvalue weighted by Crippen LogP contribution is 2.25. The first kappa shape index (κ1) is 33.3. The van der Waals surface area contributed by atoms with Gasteiger partial charge in [-0.3, -0.25) is 23.7 Å². The zero-order valence-electron chi connectivity index (χ0n) is 20.3. The Morgan fingerprint density at radius 2 is 1.28 bits per heavy atom. The van der Waals surface area contributed by atoms with Gasteiger partial charge >= 0.3 is 29.8 Å². The molecule has 2 unspecified atom stereocenters. The molecule has 0 radical (unpaired) electrons. The lowest BCUT2D eigenvalue weighted by Gasteiger charge is -2.28. The summed E-state index contributed by atoms with van der Waals surface area (Å²) in [6, 6.07) is 0. The van der Waals surface area contributed by atoms with Crippen LogP contribution in [-0.4, -0.2) is 75.6 Å². The van der Waals surface area contributed by atoms with Crippen LogP contribution in [0.2, 0.25) is 0 Å². The average molecular weight is 541 g/mol. The Morgan fingerprint density at radius 1 is 0.778 bits per heavy atom. The molecular formula is C22H36O13S. The molecule has 0 aliphatic heterocycles. The normalized spacial score (nSPS) is 13.8. The summed E-state index contributed by atoms with van der Waals surface area (Å²) in [6.45, 7) is 2.05. The topological polar surface area (TPSA) is 219 Å². The SMILES string of the molecule is CCCCCCCCCCCCOC(=O)CC(CC(=O)O)(OC(=O)C(CC(=O)O)S(=O)(=O)O)C(=O)O. The van der Waals surface area contributed by atoms with E-state index in [1.165, 1.54) is 25.7 Å². The molecule has 0 heterocycles. The fourth-order valence-corrected chi connectivity index (χ4v) is 4.01. The molecule has 14 heteroatoms. The third-order valence-electron chi connectivity index (χ3n) is 5.30. The van der Waals surface area contributed by atoms with Gasteiger partial charge in [0.1, 0.15) is 0 Å². The van der Waals surface area contributed by atoms with Crippen LogP contribution in [-0.2, 0) is 43.6 Å². The van der Waals surface area contributed by atoms with Gasteiger partial charge in [0, 0.05) is 0 Å². The Morgan fingerprint density at radius 3 is 1.69 bits per heavy atom. The summed E-state index contributed by atoms with van der Waals surface area (Å²) in [5.74, 6) is -9.01. The van der Waals surface area contributed by atoms with E-state index in [0.29, 0.717) is 6.42 Å². The fourth-order valence-electron chi connectivity index (χ4n) is 3.36. The Hall–Kier alpha value is -2.74. The van der Waals surface area contributed by atoms with Crippen molar-refractivity contribution in [3.8, 4) is 0 Å². The van der Waals surface area contributed by atoms with Crippen molar-refractivity contribution in [1.29, 1.82) is 0 Å². The first-order chi connectivity index (χ1) is 16.7. The van der Waals surface area contributed by atoms with Gasteiger partial charge in [-0.25, -0.2) is 4.79 Å². The second-order valence-corrected chi connectivity index (χ2v) is 10.1. The van der Waals surface area contributed by atoms with E-state index in [9.17, 15) is 37.5 Å². The summed E-state index contributed by atoms with van der Waals surface area (Å²) in [6.07, 6.45) is 5.98. The minimum absolute atomic E-state index is 0.0985. The number of carboxylic acid groups (broad SMARTS) is 3. The second kappa shape index (κ2) is 16.8. The molecular weight excluding hydrogens is 504 g/mol. The molecule has 4 N–H and O–H groups in total. The number of carbonyl (C=O) groups excluding carboxylic acids is 2. The van der Waals surface area contributed by atoms with Crippen LogP contribution in [0.25, 0.3) is 0 Å². The van der Waals surface area contributed by atoms with Crippen molar-refractivity contribution in [2.45, 2.75) is 101 Å². The van der Waals surface area contributed by atoms with Crippen molar-refractivity contribution < 1.29 is 61.7 Å². The van der Waals surface area contributed by atoms with Crippen molar-refractivity contribution in [3.63, 3.8) is 0 Å². The van der Waals surface area contributed by atoms with E-state index in [1.807, 2.05) is 0 Å². The van der Waals surface area contributed by atoms with E-state index in [2.05, 4.69) is 11.7 Å². The molecule has 0 aromatic carbocycles. The maximum absolute atomic E-state index is 12.2. The molecule has 0 saturated heterocycles. The quantitative estimate of drug-likeness (QED) is 0.0934. The first-order valence-electron chi connectivity index (χ1n) is 11.8. The molecule has 0 amide bonds. The zero-order chi connectivity index (χ0) is 27.8. The van der Waals surface area contributed by atoms with Gasteiger partial charge in [-0.2, -0.15) is 8.42 Å². The van der Waals surface area contributed by atoms with Crippen molar-refractivity contribution in [2.24, 2.45) is 0 Å². The van der Waals surface area contributed by atoms with Gasteiger partial charge in [-0.15, -0.1) is 0 Å². The number of aliphatic carboxylic acids is 3. The van der Waals surface area contributed by atoms with Gasteiger partial charge < -0.3 is 24.8 Å². The Balaban J connectivity index is 4.98. The van der Waals surface area contributed by atoms with E-state index in [1.54, 1.807) is 0 Å². The van der Waals surface area contributed by atoms with E-state index in [-0.39, 0.29) is 6.61 Å². The minimum atomic E-state index is -5.36. The zero-order valence-corrected chi connectivity index (χ0v) is 21.2. The number of carboxylic acids is 3. The van der Waals surface area contributed by atoms with Crippen molar-refractivity contribution in [2.75, 3.05) is 6.61 Å². The number of rotatable bonds is 21. The predicted octanol–water partition coefficient (Wildman–Crippen LogP) is 2.41. The lowest BCUT2D eigenvalue weighted by molar-refractivity contribution is -0.187. The standard InChI is InChI=1S/C22H36O13S/c1-2-3-4-5-6-7-8-9-10-11-12-34-19(27)15-22(21(29)30,14-18(25)26)35-20(28)16(13-17(23)24)36(31,32)33/h16H,2-15H2,1H3,(H,23,24)(H,25,26)(H,29,30)(H,31,32,33). The molecule has 0 rings (SSSR count). The van der Waals surface area contributed by atoms with E-state index >= 15 is 0 Å². The third-order valence-corrected chi connectivity index (χ3v) is 6.37. The molecule has 36 heavy (non-hydrogen) atoms. The summed E-state index contributed by atoms with van der Waals surface area (Å²) in [7, 11) is -5.36. The van der Waals surface area contributed by atoms with Gasteiger partial charge in [0.15, 0.2) is 5.25 Å². The minimum Gasteiger partial charge on any atom is -0.481 e. The summed E-state index contributed by atoms with van der Waals surface area (Å²) < 4.78 is 41.3. The lowest BCUT2D eigenvalue weighted by atomic mass is 9.95. The predicted molar refractivity (Wildman–Crippen MR) is 124 cm³/mol. The van der Waals surface area contributed by atoms with Gasteiger partial charge in [0.25, 0.3) is 10.1 Å². The highest BCUT2D eigenvalue weighted by molar-refractivity contribution is 7.87. The van der Waals surface area contributed by atoms with Crippen molar-refractivity contribution >= 4 is 40.0 Å². The van der Waals surface area contributed by atoms with Gasteiger partial charge in [0.2, 0.25) is 5.60 Å². The monoisotopic (exact) mass is 540 g/mol. The first-order valence-corrected chi connectivity index (χ1v) is 13.3. The maximum atomic E-state index is 12.2. The number of carbonyl (C=O) groups is 5. The molecule has 0 spiro atoms. The molecule has 0 aliphatic rings. The summed E-state index contributed by atoms with van der Waals surface area (Å²) in [4.78, 5) is 58.3. The maximum Gasteiger partial charge on any atom is 0.349 e. The molecule has 0 aromatic rings. The molecule has 0 saturated carbocycles. The lowest BCUT2D eigenvalue weighted by Crippen LogP contribution is -2.50. The van der Waals surface area contributed by atoms with Crippen LogP contribution in [0.1, 0.15) is 90.4 Å². The molecule has 2 atom stereocenters. The number of esters is 2. The Kier molecular flexibility index (Phi) is 15.6. The van der Waals surface area contributed by atoms with Crippen molar-refractivity contribution in [1.82, 2.24) is 0 Å². The molecule has 208 valence electrons. The van der Waals surface area contributed by atoms with Crippen LogP contribution in [0.5, 0.6) is 0 Å². The molecule has 13 nitrogen and oxygen atoms in total. The third kappa shape index (κ3) is 14.0. The smallest absolute Gasteiger partial charge is 0.349 e. The van der Waals surface area contributed by atoms with E-state index < -0.39 is 70.1 Å². The van der Waals surface area contributed by atoms with E-state index in [4.69, 9.17) is 19.5 Å². The highest BCUT2D eigenvalue weighted by atomic mass is 32.2. The molecule has 0 aromatic heterocycles.